The molecule has 22 heavy (non-hydrogen) atoms. The molecule has 0 atom stereocenters. The van der Waals surface area contributed by atoms with Crippen molar-refractivity contribution < 1.29 is 4.42 Å². The van der Waals surface area contributed by atoms with Gasteiger partial charge in [-0.25, -0.2) is 0 Å². The number of hydrogen-bond donors (Lipinski definition) is 1. The summed E-state index contributed by atoms with van der Waals surface area (Å²) in [4.78, 5) is 6.85. The highest BCUT2D eigenvalue weighted by molar-refractivity contribution is 14.0. The van der Waals surface area contributed by atoms with Gasteiger partial charge in [0, 0.05) is 32.3 Å². The van der Waals surface area contributed by atoms with E-state index in [9.17, 15) is 0 Å². The van der Waals surface area contributed by atoms with E-state index in [1.54, 1.807) is 6.26 Å². The van der Waals surface area contributed by atoms with Gasteiger partial charge in [0.15, 0.2) is 5.96 Å². The number of nitrogens with one attached hydrogen (secondary N) is 1. The number of thioether (sulfide) groups is 1. The molecule has 0 aliphatic carbocycles. The Morgan fingerprint density at radius 1 is 1.55 bits per heavy atom. The van der Waals surface area contributed by atoms with Gasteiger partial charge in [-0.3, -0.25) is 4.99 Å². The summed E-state index contributed by atoms with van der Waals surface area (Å²) in [5, 5.41) is 3.42. The molecule has 0 saturated heterocycles. The topological polar surface area (TPSA) is 40.8 Å². The van der Waals surface area contributed by atoms with Gasteiger partial charge in [-0.05, 0) is 31.2 Å². The van der Waals surface area contributed by atoms with Gasteiger partial charge in [-0.15, -0.1) is 30.6 Å². The summed E-state index contributed by atoms with van der Waals surface area (Å²) in [6, 6.07) is 3.92. The molecular weight excluding hydrogens is 409 g/mol. The van der Waals surface area contributed by atoms with Crippen molar-refractivity contribution in [2.24, 2.45) is 4.99 Å². The normalized spacial score (nSPS) is 10.9. The van der Waals surface area contributed by atoms with Crippen LogP contribution in [0.3, 0.4) is 0 Å². The molecular formula is C16H28IN3OS. The number of unbranched alkanes of at least 4 members (excludes halogenated alkanes) is 1. The Bertz CT molecular complexity index is 410. The van der Waals surface area contributed by atoms with Crippen LogP contribution in [-0.4, -0.2) is 49.6 Å². The first-order valence-corrected chi connectivity index (χ1v) is 8.79. The number of halogens is 1. The molecule has 4 nitrogen and oxygen atoms in total. The van der Waals surface area contributed by atoms with Crippen LogP contribution in [0.1, 0.15) is 18.6 Å². The molecule has 0 radical (unpaired) electrons. The lowest BCUT2D eigenvalue weighted by molar-refractivity contribution is 0.463. The van der Waals surface area contributed by atoms with Crippen molar-refractivity contribution in [2.45, 2.75) is 19.3 Å². The maximum atomic E-state index is 5.35. The van der Waals surface area contributed by atoms with E-state index < -0.39 is 0 Å². The van der Waals surface area contributed by atoms with E-state index in [1.807, 2.05) is 30.0 Å². The van der Waals surface area contributed by atoms with Gasteiger partial charge in [0.25, 0.3) is 0 Å². The Morgan fingerprint density at radius 2 is 2.36 bits per heavy atom. The van der Waals surface area contributed by atoms with E-state index in [2.05, 4.69) is 35.1 Å². The fraction of sp³-hybridized carbons (Fsp3) is 0.562. The second-order valence-corrected chi connectivity index (χ2v) is 5.79. The van der Waals surface area contributed by atoms with Crippen molar-refractivity contribution in [1.29, 1.82) is 0 Å². The van der Waals surface area contributed by atoms with E-state index in [-0.39, 0.29) is 24.0 Å². The number of furan rings is 1. The third kappa shape index (κ3) is 9.40. The van der Waals surface area contributed by atoms with Crippen LogP contribution >= 0.6 is 35.7 Å². The maximum Gasteiger partial charge on any atom is 0.193 e. The molecule has 1 aromatic rings. The minimum Gasteiger partial charge on any atom is -0.469 e. The average Bonchev–Trinajstić information content (AvgIpc) is 2.99. The maximum absolute atomic E-state index is 5.35. The van der Waals surface area contributed by atoms with Gasteiger partial charge in [0.2, 0.25) is 0 Å². The predicted molar refractivity (Wildman–Crippen MR) is 109 cm³/mol. The number of allylic oxidation sites excluding steroid dienone is 1. The third-order valence-electron chi connectivity index (χ3n) is 3.05. The number of nitrogens with zero attached hydrogens (tertiary/aromatic N) is 2. The molecule has 0 spiro atoms. The predicted octanol–water partition coefficient (Wildman–Crippen LogP) is 3.65. The molecule has 0 unspecified atom stereocenters. The van der Waals surface area contributed by atoms with Crippen molar-refractivity contribution in [3.63, 3.8) is 0 Å². The summed E-state index contributed by atoms with van der Waals surface area (Å²) in [5.41, 5.74) is 0. The highest BCUT2D eigenvalue weighted by atomic mass is 127. The summed E-state index contributed by atoms with van der Waals surface area (Å²) in [6.45, 7) is 6.42. The Balaban J connectivity index is 0.00000441. The smallest absolute Gasteiger partial charge is 0.193 e. The van der Waals surface area contributed by atoms with Crippen LogP contribution in [0, 0.1) is 0 Å². The summed E-state index contributed by atoms with van der Waals surface area (Å²) in [6.07, 6.45) is 8.78. The van der Waals surface area contributed by atoms with Crippen molar-refractivity contribution in [3.05, 3.63) is 36.8 Å². The lowest BCUT2D eigenvalue weighted by Crippen LogP contribution is -2.40. The van der Waals surface area contributed by atoms with Gasteiger partial charge in [0.1, 0.15) is 5.76 Å². The number of rotatable bonds is 10. The fourth-order valence-corrected chi connectivity index (χ4v) is 2.16. The standard InChI is InChI=1S/C16H27N3OS.HI/c1-4-5-6-12-19(2)16(18-11-14-21-3)17-10-9-15-8-7-13-20-15;/h4,7-8,13H,1,5-6,9-12,14H2,2-3H3,(H,17,18);1H. The molecule has 1 N–H and O–H groups in total. The first-order chi connectivity index (χ1) is 10.3. The van der Waals surface area contributed by atoms with Crippen LogP contribution in [0.15, 0.2) is 40.5 Å². The molecule has 0 amide bonds. The summed E-state index contributed by atoms with van der Waals surface area (Å²) in [5.74, 6) is 3.02. The van der Waals surface area contributed by atoms with E-state index in [0.29, 0.717) is 0 Å². The van der Waals surface area contributed by atoms with Gasteiger partial charge >= 0.3 is 0 Å². The fourth-order valence-electron chi connectivity index (χ4n) is 1.89. The van der Waals surface area contributed by atoms with Crippen molar-refractivity contribution in [1.82, 2.24) is 10.2 Å². The van der Waals surface area contributed by atoms with E-state index in [0.717, 1.165) is 56.4 Å². The Kier molecular flexibility index (Phi) is 13.6. The lowest BCUT2D eigenvalue weighted by atomic mass is 10.3. The Morgan fingerprint density at radius 3 is 3.00 bits per heavy atom. The zero-order chi connectivity index (χ0) is 15.3. The van der Waals surface area contributed by atoms with Crippen molar-refractivity contribution in [2.75, 3.05) is 38.7 Å². The number of guanidine groups is 1. The molecule has 1 heterocycles. The van der Waals surface area contributed by atoms with Gasteiger partial charge < -0.3 is 14.6 Å². The van der Waals surface area contributed by atoms with E-state index >= 15 is 0 Å². The Labute approximate surface area is 155 Å². The average molecular weight is 437 g/mol. The highest BCUT2D eigenvalue weighted by Crippen LogP contribution is 2.00. The molecule has 0 bridgehead atoms. The molecule has 6 heteroatoms. The van der Waals surface area contributed by atoms with Gasteiger partial charge in [0.05, 0.1) is 12.8 Å². The molecule has 126 valence electrons. The van der Waals surface area contributed by atoms with Crippen LogP contribution in [0.2, 0.25) is 0 Å². The second kappa shape index (κ2) is 14.0. The SMILES string of the molecule is C=CCCCN(C)C(=NCCSC)NCCc1ccco1.I. The number of hydrogen-bond acceptors (Lipinski definition) is 3. The highest BCUT2D eigenvalue weighted by Gasteiger charge is 2.06. The van der Waals surface area contributed by atoms with Crippen LogP contribution in [0.25, 0.3) is 0 Å². The van der Waals surface area contributed by atoms with Crippen molar-refractivity contribution in [3.8, 4) is 0 Å². The molecule has 0 saturated carbocycles. The molecule has 0 aromatic carbocycles. The quantitative estimate of drug-likeness (QED) is 0.200. The van der Waals surface area contributed by atoms with E-state index in [1.165, 1.54) is 0 Å². The molecule has 0 aliphatic rings. The van der Waals surface area contributed by atoms with Crippen LogP contribution < -0.4 is 5.32 Å². The minimum absolute atomic E-state index is 0. The van der Waals surface area contributed by atoms with Gasteiger partial charge in [-0.1, -0.05) is 6.08 Å². The molecule has 1 rings (SSSR count). The monoisotopic (exact) mass is 437 g/mol. The largest absolute Gasteiger partial charge is 0.469 e. The second-order valence-electron chi connectivity index (χ2n) is 4.81. The first kappa shape index (κ1) is 21.4. The summed E-state index contributed by atoms with van der Waals surface area (Å²) in [7, 11) is 2.08. The summed E-state index contributed by atoms with van der Waals surface area (Å²) >= 11 is 1.82. The van der Waals surface area contributed by atoms with E-state index in [4.69, 9.17) is 4.42 Å². The van der Waals surface area contributed by atoms with Crippen LogP contribution in [0.5, 0.6) is 0 Å². The summed E-state index contributed by atoms with van der Waals surface area (Å²) < 4.78 is 5.35. The zero-order valence-corrected chi connectivity index (χ0v) is 16.7. The number of aliphatic imine (C=N–C) groups is 1. The Hall–Kier alpha value is -0.630. The lowest BCUT2D eigenvalue weighted by Gasteiger charge is -2.22. The van der Waals surface area contributed by atoms with Crippen molar-refractivity contribution >= 4 is 41.7 Å². The van der Waals surface area contributed by atoms with Gasteiger partial charge in [-0.2, -0.15) is 11.8 Å². The third-order valence-corrected chi connectivity index (χ3v) is 3.65. The first-order valence-electron chi connectivity index (χ1n) is 7.39. The van der Waals surface area contributed by atoms with Crippen LogP contribution in [-0.2, 0) is 6.42 Å². The molecule has 0 aliphatic heterocycles. The zero-order valence-electron chi connectivity index (χ0n) is 13.6. The molecule has 1 aromatic heterocycles. The minimum atomic E-state index is 0. The molecule has 0 fully saturated rings. The van der Waals surface area contributed by atoms with Crippen LogP contribution in [0.4, 0.5) is 0 Å².